The molecule has 0 aromatic heterocycles. The summed E-state index contributed by atoms with van der Waals surface area (Å²) in [5.41, 5.74) is 8.33. The van der Waals surface area contributed by atoms with Crippen LogP contribution in [0.4, 0.5) is 17.1 Å². The fourth-order valence-corrected chi connectivity index (χ4v) is 6.52. The number of anilines is 3. The summed E-state index contributed by atoms with van der Waals surface area (Å²) in [5, 5.41) is 7.37. The fourth-order valence-electron chi connectivity index (χ4n) is 6.52. The monoisotopic (exact) mass is 547 g/mol. The molecule has 0 aliphatic heterocycles. The largest absolute Gasteiger partial charge is 0.309 e. The molecule has 0 fully saturated rings. The minimum Gasteiger partial charge on any atom is -0.309 e. The number of benzene rings is 8. The molecule has 0 atom stereocenters. The SMILES string of the molecule is c1ccc(-c2cccc3cccc(-c4ccccc4N(c4cccc5ccccc45)c4cccc5ccccc45)c23)cc1. The number of hydrogen-bond acceptors (Lipinski definition) is 1. The summed E-state index contributed by atoms with van der Waals surface area (Å²) in [6.45, 7) is 0. The Morgan fingerprint density at radius 2 is 0.721 bits per heavy atom. The second-order valence-corrected chi connectivity index (χ2v) is 10.9. The summed E-state index contributed by atoms with van der Waals surface area (Å²) < 4.78 is 0. The zero-order valence-corrected chi connectivity index (χ0v) is 23.7. The number of fused-ring (bicyclic) bond motifs is 3. The predicted molar refractivity (Wildman–Crippen MR) is 185 cm³/mol. The van der Waals surface area contributed by atoms with Gasteiger partial charge in [-0.15, -0.1) is 0 Å². The molecule has 0 spiro atoms. The Hall–Kier alpha value is -5.66. The number of hydrogen-bond donors (Lipinski definition) is 0. The van der Waals surface area contributed by atoms with Gasteiger partial charge in [0.2, 0.25) is 0 Å². The van der Waals surface area contributed by atoms with Crippen molar-refractivity contribution >= 4 is 49.4 Å². The Morgan fingerprint density at radius 1 is 0.279 bits per heavy atom. The van der Waals surface area contributed by atoms with Crippen LogP contribution in [0.5, 0.6) is 0 Å². The molecule has 0 saturated carbocycles. The second-order valence-electron chi connectivity index (χ2n) is 10.9. The van der Waals surface area contributed by atoms with E-state index >= 15 is 0 Å². The van der Waals surface area contributed by atoms with Gasteiger partial charge in [0.25, 0.3) is 0 Å². The average Bonchev–Trinajstić information content (AvgIpc) is 3.09. The van der Waals surface area contributed by atoms with Crippen molar-refractivity contribution in [3.63, 3.8) is 0 Å². The highest BCUT2D eigenvalue weighted by Gasteiger charge is 2.22. The molecule has 1 nitrogen and oxygen atoms in total. The Bertz CT molecular complexity index is 2150. The summed E-state index contributed by atoms with van der Waals surface area (Å²) >= 11 is 0. The smallest absolute Gasteiger partial charge is 0.0540 e. The van der Waals surface area contributed by atoms with E-state index < -0.39 is 0 Å². The molecule has 0 saturated heterocycles. The first kappa shape index (κ1) is 25.1. The standard InChI is InChI=1S/C42H29N/c1-2-14-32(15-3-1)36-25-10-20-33-21-11-26-38(42(33)36)37-24-8-9-27-41(37)43(39-28-12-18-30-16-4-6-22-34(30)39)40-29-13-19-31-17-5-7-23-35(31)40/h1-29H. The summed E-state index contributed by atoms with van der Waals surface area (Å²) in [6, 6.07) is 63.5. The van der Waals surface area contributed by atoms with Crippen molar-refractivity contribution in [2.45, 2.75) is 0 Å². The Morgan fingerprint density at radius 3 is 1.40 bits per heavy atom. The molecule has 0 bridgehead atoms. The van der Waals surface area contributed by atoms with Gasteiger partial charge < -0.3 is 4.90 Å². The van der Waals surface area contributed by atoms with E-state index in [-0.39, 0.29) is 0 Å². The van der Waals surface area contributed by atoms with E-state index in [2.05, 4.69) is 181 Å². The van der Waals surface area contributed by atoms with E-state index in [1.165, 1.54) is 54.6 Å². The maximum atomic E-state index is 2.46. The van der Waals surface area contributed by atoms with Gasteiger partial charge in [0.1, 0.15) is 0 Å². The van der Waals surface area contributed by atoms with Crippen LogP contribution in [0.15, 0.2) is 176 Å². The molecule has 43 heavy (non-hydrogen) atoms. The average molecular weight is 548 g/mol. The zero-order chi connectivity index (χ0) is 28.6. The quantitative estimate of drug-likeness (QED) is 0.207. The van der Waals surface area contributed by atoms with Crippen LogP contribution in [0.1, 0.15) is 0 Å². The molecule has 0 aliphatic rings. The molecule has 0 N–H and O–H groups in total. The van der Waals surface area contributed by atoms with E-state index in [9.17, 15) is 0 Å². The van der Waals surface area contributed by atoms with Crippen LogP contribution >= 0.6 is 0 Å². The maximum Gasteiger partial charge on any atom is 0.0540 e. The molecule has 202 valence electrons. The Kier molecular flexibility index (Phi) is 6.20. The normalized spacial score (nSPS) is 11.3. The van der Waals surface area contributed by atoms with Crippen LogP contribution in [0.2, 0.25) is 0 Å². The highest BCUT2D eigenvalue weighted by atomic mass is 15.1. The van der Waals surface area contributed by atoms with Gasteiger partial charge in [0.15, 0.2) is 0 Å². The first-order chi connectivity index (χ1) is 21.4. The lowest BCUT2D eigenvalue weighted by Gasteiger charge is -2.30. The molecule has 8 aromatic rings. The minimum absolute atomic E-state index is 1.14. The van der Waals surface area contributed by atoms with Gasteiger partial charge >= 0.3 is 0 Å². The molecule has 8 rings (SSSR count). The third kappa shape index (κ3) is 4.34. The van der Waals surface area contributed by atoms with Crippen LogP contribution in [-0.2, 0) is 0 Å². The van der Waals surface area contributed by atoms with Gasteiger partial charge in [-0.2, -0.15) is 0 Å². The lowest BCUT2D eigenvalue weighted by molar-refractivity contribution is 1.31. The van der Waals surface area contributed by atoms with Crippen molar-refractivity contribution < 1.29 is 0 Å². The molecule has 0 radical (unpaired) electrons. The fraction of sp³-hybridized carbons (Fsp3) is 0. The van der Waals surface area contributed by atoms with Crippen molar-refractivity contribution in [3.05, 3.63) is 176 Å². The van der Waals surface area contributed by atoms with Crippen LogP contribution in [-0.4, -0.2) is 0 Å². The van der Waals surface area contributed by atoms with E-state index in [1.54, 1.807) is 0 Å². The molecule has 1 heteroatoms. The predicted octanol–water partition coefficient (Wildman–Crippen LogP) is 11.9. The Balaban J connectivity index is 1.46. The maximum absolute atomic E-state index is 2.46. The van der Waals surface area contributed by atoms with Crippen molar-refractivity contribution in [2.75, 3.05) is 4.90 Å². The van der Waals surface area contributed by atoms with E-state index in [1.807, 2.05) is 0 Å². The van der Waals surface area contributed by atoms with Gasteiger partial charge in [-0.1, -0.05) is 158 Å². The Labute approximate surface area is 251 Å². The third-order valence-corrected chi connectivity index (χ3v) is 8.44. The van der Waals surface area contributed by atoms with E-state index in [0.29, 0.717) is 0 Å². The van der Waals surface area contributed by atoms with Crippen LogP contribution in [0.3, 0.4) is 0 Å². The molecule has 0 heterocycles. The van der Waals surface area contributed by atoms with Crippen molar-refractivity contribution in [1.82, 2.24) is 0 Å². The highest BCUT2D eigenvalue weighted by Crippen LogP contribution is 2.47. The number of nitrogens with zero attached hydrogens (tertiary/aromatic N) is 1. The minimum atomic E-state index is 1.14. The molecule has 0 aliphatic carbocycles. The van der Waals surface area contributed by atoms with Crippen molar-refractivity contribution in [1.29, 1.82) is 0 Å². The van der Waals surface area contributed by atoms with Crippen molar-refractivity contribution in [3.8, 4) is 22.3 Å². The van der Waals surface area contributed by atoms with Gasteiger partial charge in [-0.3, -0.25) is 0 Å². The first-order valence-corrected chi connectivity index (χ1v) is 14.8. The zero-order valence-electron chi connectivity index (χ0n) is 23.7. The summed E-state index contributed by atoms with van der Waals surface area (Å²) in [7, 11) is 0. The van der Waals surface area contributed by atoms with Crippen LogP contribution < -0.4 is 4.90 Å². The van der Waals surface area contributed by atoms with Gasteiger partial charge in [-0.05, 0) is 56.4 Å². The first-order valence-electron chi connectivity index (χ1n) is 14.8. The number of para-hydroxylation sites is 1. The molecular weight excluding hydrogens is 518 g/mol. The van der Waals surface area contributed by atoms with Gasteiger partial charge in [0, 0.05) is 16.3 Å². The number of rotatable bonds is 5. The van der Waals surface area contributed by atoms with Crippen LogP contribution in [0.25, 0.3) is 54.6 Å². The van der Waals surface area contributed by atoms with E-state index in [4.69, 9.17) is 0 Å². The molecule has 8 aromatic carbocycles. The third-order valence-electron chi connectivity index (χ3n) is 8.44. The lowest BCUT2D eigenvalue weighted by atomic mass is 9.90. The summed E-state index contributed by atoms with van der Waals surface area (Å²) in [6.07, 6.45) is 0. The second kappa shape index (κ2) is 10.6. The summed E-state index contributed by atoms with van der Waals surface area (Å²) in [4.78, 5) is 2.46. The lowest BCUT2D eigenvalue weighted by Crippen LogP contribution is -2.12. The van der Waals surface area contributed by atoms with Crippen molar-refractivity contribution in [2.24, 2.45) is 0 Å². The topological polar surface area (TPSA) is 3.24 Å². The van der Waals surface area contributed by atoms with E-state index in [0.717, 1.165) is 17.1 Å². The van der Waals surface area contributed by atoms with Crippen LogP contribution in [0, 0.1) is 0 Å². The van der Waals surface area contributed by atoms with Gasteiger partial charge in [-0.25, -0.2) is 0 Å². The highest BCUT2D eigenvalue weighted by molar-refractivity contribution is 6.11. The molecular formula is C42H29N. The van der Waals surface area contributed by atoms with Gasteiger partial charge in [0.05, 0.1) is 17.1 Å². The molecule has 0 amide bonds. The molecule has 0 unspecified atom stereocenters. The summed E-state index contributed by atoms with van der Waals surface area (Å²) in [5.74, 6) is 0.